The summed E-state index contributed by atoms with van der Waals surface area (Å²) in [6, 6.07) is 7.57. The van der Waals surface area contributed by atoms with Crippen LogP contribution < -0.4 is 4.74 Å². The molecule has 0 aliphatic carbocycles. The van der Waals surface area contributed by atoms with Crippen LogP contribution in [0.15, 0.2) is 24.3 Å². The maximum Gasteiger partial charge on any atom is 0.344 e. The molecule has 1 aromatic carbocycles. The molecule has 1 atom stereocenters. The van der Waals surface area contributed by atoms with Crippen LogP contribution in [-0.4, -0.2) is 17.2 Å². The number of carbonyl (C=O) groups is 1. The lowest BCUT2D eigenvalue weighted by Gasteiger charge is -2.13. The molecular weight excluding hydrogens is 204 g/mol. The van der Waals surface area contributed by atoms with Gasteiger partial charge in [0.25, 0.3) is 0 Å². The summed E-state index contributed by atoms with van der Waals surface area (Å²) in [5, 5.41) is 8.85. The van der Waals surface area contributed by atoms with Gasteiger partial charge in [-0.3, -0.25) is 0 Å². The number of hydrogen-bond acceptors (Lipinski definition) is 2. The lowest BCUT2D eigenvalue weighted by molar-refractivity contribution is -0.145. The topological polar surface area (TPSA) is 46.5 Å². The summed E-state index contributed by atoms with van der Waals surface area (Å²) in [4.78, 5) is 10.8. The highest BCUT2D eigenvalue weighted by Gasteiger charge is 2.16. The fourth-order valence-electron chi connectivity index (χ4n) is 1.40. The summed E-state index contributed by atoms with van der Waals surface area (Å²) in [6.45, 7) is 6.02. The van der Waals surface area contributed by atoms with Gasteiger partial charge < -0.3 is 9.84 Å². The molecule has 1 aromatic rings. The van der Waals surface area contributed by atoms with Crippen molar-refractivity contribution in [2.24, 2.45) is 0 Å². The Morgan fingerprint density at radius 1 is 1.31 bits per heavy atom. The molecule has 16 heavy (non-hydrogen) atoms. The highest BCUT2D eigenvalue weighted by Crippen LogP contribution is 2.19. The summed E-state index contributed by atoms with van der Waals surface area (Å²) < 4.78 is 5.36. The Kier molecular flexibility index (Phi) is 4.35. The average Bonchev–Trinajstić information content (AvgIpc) is 2.26. The number of aliphatic carboxylic acids is 1. The predicted molar refractivity (Wildman–Crippen MR) is 62.9 cm³/mol. The van der Waals surface area contributed by atoms with Crippen LogP contribution in [0.25, 0.3) is 0 Å². The van der Waals surface area contributed by atoms with Gasteiger partial charge in [0.1, 0.15) is 5.75 Å². The molecule has 0 saturated carbocycles. The van der Waals surface area contributed by atoms with Crippen molar-refractivity contribution in [3.63, 3.8) is 0 Å². The minimum Gasteiger partial charge on any atom is -0.479 e. The Bertz CT molecular complexity index is 341. The van der Waals surface area contributed by atoms with Crippen molar-refractivity contribution in [2.45, 2.75) is 39.2 Å². The van der Waals surface area contributed by atoms with Gasteiger partial charge in [-0.15, -0.1) is 0 Å². The average molecular weight is 222 g/mol. The van der Waals surface area contributed by atoms with E-state index < -0.39 is 12.1 Å². The molecule has 0 spiro atoms. The molecule has 0 aliphatic rings. The second kappa shape index (κ2) is 5.54. The van der Waals surface area contributed by atoms with Gasteiger partial charge in [0.2, 0.25) is 0 Å². The monoisotopic (exact) mass is 222 g/mol. The van der Waals surface area contributed by atoms with Crippen LogP contribution >= 0.6 is 0 Å². The zero-order chi connectivity index (χ0) is 12.1. The second-order valence-corrected chi connectivity index (χ2v) is 4.08. The van der Waals surface area contributed by atoms with E-state index in [1.807, 2.05) is 24.3 Å². The number of hydrogen-bond donors (Lipinski definition) is 1. The number of benzene rings is 1. The largest absolute Gasteiger partial charge is 0.479 e. The van der Waals surface area contributed by atoms with E-state index in [-0.39, 0.29) is 0 Å². The Balaban J connectivity index is 2.71. The number of rotatable bonds is 5. The first kappa shape index (κ1) is 12.6. The highest BCUT2D eigenvalue weighted by atomic mass is 16.5. The molecular formula is C13H18O3. The SMILES string of the molecule is CCC(Oc1ccc(C(C)C)cc1)C(=O)O. The van der Waals surface area contributed by atoms with Gasteiger partial charge in [0.15, 0.2) is 6.10 Å². The molecule has 0 fully saturated rings. The molecule has 1 rings (SSSR count). The molecule has 0 heterocycles. The van der Waals surface area contributed by atoms with E-state index >= 15 is 0 Å². The van der Waals surface area contributed by atoms with Crippen LogP contribution in [0, 0.1) is 0 Å². The fraction of sp³-hybridized carbons (Fsp3) is 0.462. The Morgan fingerprint density at radius 3 is 2.25 bits per heavy atom. The summed E-state index contributed by atoms with van der Waals surface area (Å²) in [5.74, 6) is 0.157. The first-order valence-corrected chi connectivity index (χ1v) is 5.54. The smallest absolute Gasteiger partial charge is 0.344 e. The van der Waals surface area contributed by atoms with Gasteiger partial charge in [-0.1, -0.05) is 32.9 Å². The Labute approximate surface area is 96.1 Å². The highest BCUT2D eigenvalue weighted by molar-refractivity contribution is 5.72. The third kappa shape index (κ3) is 3.26. The third-order valence-corrected chi connectivity index (χ3v) is 2.47. The maximum atomic E-state index is 10.8. The van der Waals surface area contributed by atoms with Gasteiger partial charge in [0.05, 0.1) is 0 Å². The zero-order valence-electron chi connectivity index (χ0n) is 9.93. The lowest BCUT2D eigenvalue weighted by Crippen LogP contribution is -2.25. The number of carboxylic acid groups (broad SMARTS) is 1. The van der Waals surface area contributed by atoms with E-state index in [4.69, 9.17) is 9.84 Å². The van der Waals surface area contributed by atoms with E-state index in [0.29, 0.717) is 18.1 Å². The van der Waals surface area contributed by atoms with Gasteiger partial charge in [-0.25, -0.2) is 4.79 Å². The van der Waals surface area contributed by atoms with Gasteiger partial charge in [0, 0.05) is 0 Å². The minimum absolute atomic E-state index is 0.460. The van der Waals surface area contributed by atoms with E-state index in [1.54, 1.807) is 6.92 Å². The molecule has 0 aliphatic heterocycles. The second-order valence-electron chi connectivity index (χ2n) is 4.08. The molecule has 1 N–H and O–H groups in total. The summed E-state index contributed by atoms with van der Waals surface area (Å²) in [6.07, 6.45) is -0.300. The van der Waals surface area contributed by atoms with E-state index in [1.165, 1.54) is 5.56 Å². The molecule has 0 bridgehead atoms. The van der Waals surface area contributed by atoms with Gasteiger partial charge >= 0.3 is 5.97 Å². The maximum absolute atomic E-state index is 10.8. The van der Waals surface area contributed by atoms with Crippen LogP contribution in [-0.2, 0) is 4.79 Å². The van der Waals surface area contributed by atoms with Crippen molar-refractivity contribution in [3.8, 4) is 5.75 Å². The quantitative estimate of drug-likeness (QED) is 0.832. The molecule has 0 amide bonds. The predicted octanol–water partition coefficient (Wildman–Crippen LogP) is 3.05. The number of ether oxygens (including phenoxy) is 1. The third-order valence-electron chi connectivity index (χ3n) is 2.47. The minimum atomic E-state index is -0.921. The molecule has 3 heteroatoms. The standard InChI is InChI=1S/C13H18O3/c1-4-12(13(14)15)16-11-7-5-10(6-8-11)9(2)3/h5-9,12H,4H2,1-3H3,(H,14,15). The van der Waals surface area contributed by atoms with Crippen LogP contribution in [0.4, 0.5) is 0 Å². The molecule has 1 unspecified atom stereocenters. The normalized spacial score (nSPS) is 12.5. The van der Waals surface area contributed by atoms with Crippen molar-refractivity contribution in [1.82, 2.24) is 0 Å². The molecule has 0 aromatic heterocycles. The van der Waals surface area contributed by atoms with Crippen molar-refractivity contribution in [2.75, 3.05) is 0 Å². The van der Waals surface area contributed by atoms with Crippen molar-refractivity contribution in [1.29, 1.82) is 0 Å². The first-order chi connectivity index (χ1) is 7.54. The zero-order valence-corrected chi connectivity index (χ0v) is 9.93. The first-order valence-electron chi connectivity index (χ1n) is 5.54. The van der Waals surface area contributed by atoms with Gasteiger partial charge in [-0.05, 0) is 30.0 Å². The van der Waals surface area contributed by atoms with E-state index in [9.17, 15) is 4.79 Å². The van der Waals surface area contributed by atoms with Crippen LogP contribution in [0.5, 0.6) is 5.75 Å². The summed E-state index contributed by atoms with van der Waals surface area (Å²) >= 11 is 0. The van der Waals surface area contributed by atoms with Crippen molar-refractivity contribution < 1.29 is 14.6 Å². The fourth-order valence-corrected chi connectivity index (χ4v) is 1.40. The Hall–Kier alpha value is -1.51. The molecule has 3 nitrogen and oxygen atoms in total. The van der Waals surface area contributed by atoms with E-state index in [0.717, 1.165) is 0 Å². The molecule has 0 radical (unpaired) electrons. The molecule has 88 valence electrons. The van der Waals surface area contributed by atoms with Crippen LogP contribution in [0.2, 0.25) is 0 Å². The van der Waals surface area contributed by atoms with Gasteiger partial charge in [-0.2, -0.15) is 0 Å². The Morgan fingerprint density at radius 2 is 1.88 bits per heavy atom. The number of carboxylic acids is 1. The molecule has 0 saturated heterocycles. The van der Waals surface area contributed by atoms with Crippen LogP contribution in [0.3, 0.4) is 0 Å². The lowest BCUT2D eigenvalue weighted by atomic mass is 10.0. The summed E-state index contributed by atoms with van der Waals surface area (Å²) in [7, 11) is 0. The van der Waals surface area contributed by atoms with Crippen LogP contribution in [0.1, 0.15) is 38.7 Å². The van der Waals surface area contributed by atoms with E-state index in [2.05, 4.69) is 13.8 Å². The van der Waals surface area contributed by atoms with Crippen molar-refractivity contribution in [3.05, 3.63) is 29.8 Å². The van der Waals surface area contributed by atoms with Crippen molar-refractivity contribution >= 4 is 5.97 Å². The summed E-state index contributed by atoms with van der Waals surface area (Å²) in [5.41, 5.74) is 1.22.